The van der Waals surface area contributed by atoms with Crippen molar-refractivity contribution < 1.29 is 9.84 Å². The molecule has 0 amide bonds. The third kappa shape index (κ3) is 3.35. The highest BCUT2D eigenvalue weighted by molar-refractivity contribution is 7.80. The van der Waals surface area contributed by atoms with E-state index in [1.54, 1.807) is 6.20 Å². The minimum Gasteiger partial charge on any atom is -0.504 e. The first kappa shape index (κ1) is 15.9. The Morgan fingerprint density at radius 2 is 2.09 bits per heavy atom. The van der Waals surface area contributed by atoms with Gasteiger partial charge in [-0.1, -0.05) is 43.7 Å². The number of aromatic nitrogens is 1. The van der Waals surface area contributed by atoms with E-state index >= 15 is 0 Å². The maximum atomic E-state index is 10.5. The largest absolute Gasteiger partial charge is 0.504 e. The van der Waals surface area contributed by atoms with Gasteiger partial charge in [-0.05, 0) is 30.3 Å². The highest BCUT2D eigenvalue weighted by Crippen LogP contribution is 2.39. The molecule has 1 N–H and O–H groups in total. The molecule has 23 heavy (non-hydrogen) atoms. The van der Waals surface area contributed by atoms with Gasteiger partial charge in [0.1, 0.15) is 0 Å². The summed E-state index contributed by atoms with van der Waals surface area (Å²) >= 11 is 6.78. The van der Waals surface area contributed by atoms with Crippen LogP contribution in [-0.4, -0.2) is 21.7 Å². The maximum absolute atomic E-state index is 10.5. The van der Waals surface area contributed by atoms with Crippen molar-refractivity contribution in [2.45, 2.75) is 19.8 Å². The molecule has 0 fully saturated rings. The van der Waals surface area contributed by atoms with Gasteiger partial charge in [0.25, 0.3) is 0 Å². The Hall–Kier alpha value is -1.98. The van der Waals surface area contributed by atoms with Gasteiger partial charge < -0.3 is 9.84 Å². The molecule has 0 atom stereocenters. The van der Waals surface area contributed by atoms with Gasteiger partial charge in [0.2, 0.25) is 5.05 Å². The smallest absolute Gasteiger partial charge is 0.214 e. The number of hydrogen-bond acceptors (Lipinski definition) is 5. The van der Waals surface area contributed by atoms with Crippen LogP contribution in [0, 0.1) is 0 Å². The molecule has 0 unspecified atom stereocenters. The molecule has 0 aliphatic rings. The number of ether oxygens (including phenoxy) is 1. The average Bonchev–Trinajstić information content (AvgIpc) is 3.01. The summed E-state index contributed by atoms with van der Waals surface area (Å²) in [5, 5.41) is 11.7. The van der Waals surface area contributed by atoms with Crippen molar-refractivity contribution in [1.29, 1.82) is 0 Å². The van der Waals surface area contributed by atoms with Crippen LogP contribution in [0.5, 0.6) is 5.75 Å². The average molecular weight is 343 g/mol. The standard InChI is InChI=1S/C18H17NO2S2/c1-2-3-9-21-18(22)15-16(20)17-13(11-19-15)10-14(23-17)12-7-5-4-6-8-12/h4-8,10-11,20H,2-3,9H2,1H3. The molecule has 3 aromatic rings. The minimum absolute atomic E-state index is 0.108. The van der Waals surface area contributed by atoms with Crippen molar-refractivity contribution in [2.75, 3.05) is 6.61 Å². The van der Waals surface area contributed by atoms with E-state index in [1.807, 2.05) is 24.3 Å². The van der Waals surface area contributed by atoms with Gasteiger partial charge in [-0.25, -0.2) is 4.98 Å². The summed E-state index contributed by atoms with van der Waals surface area (Å²) in [7, 11) is 0. The van der Waals surface area contributed by atoms with Crippen molar-refractivity contribution in [1.82, 2.24) is 4.98 Å². The maximum Gasteiger partial charge on any atom is 0.214 e. The summed E-state index contributed by atoms with van der Waals surface area (Å²) in [5.41, 5.74) is 1.47. The number of aromatic hydroxyl groups is 1. The van der Waals surface area contributed by atoms with E-state index in [0.717, 1.165) is 33.4 Å². The monoisotopic (exact) mass is 343 g/mol. The van der Waals surface area contributed by atoms with Gasteiger partial charge in [0.15, 0.2) is 11.4 Å². The number of rotatable bonds is 5. The fraction of sp³-hybridized carbons (Fsp3) is 0.222. The predicted octanol–water partition coefficient (Wildman–Crippen LogP) is 5.16. The van der Waals surface area contributed by atoms with Crippen molar-refractivity contribution in [2.24, 2.45) is 0 Å². The van der Waals surface area contributed by atoms with Gasteiger partial charge in [0, 0.05) is 16.5 Å². The molecular formula is C18H17NO2S2. The van der Waals surface area contributed by atoms with E-state index < -0.39 is 0 Å². The molecule has 0 saturated carbocycles. The van der Waals surface area contributed by atoms with Crippen LogP contribution in [0.2, 0.25) is 0 Å². The third-order valence-corrected chi connectivity index (χ3v) is 5.03. The second-order valence-corrected chi connectivity index (χ2v) is 6.63. The zero-order valence-electron chi connectivity index (χ0n) is 12.8. The second kappa shape index (κ2) is 7.06. The molecule has 2 aromatic heterocycles. The van der Waals surface area contributed by atoms with Crippen LogP contribution in [0.1, 0.15) is 25.5 Å². The molecule has 5 heteroatoms. The molecule has 2 heterocycles. The van der Waals surface area contributed by atoms with Gasteiger partial charge in [-0.15, -0.1) is 11.3 Å². The SMILES string of the molecule is CCCCOC(=S)c1ncc2cc(-c3ccccc3)sc2c1O. The van der Waals surface area contributed by atoms with Crippen molar-refractivity contribution >= 4 is 38.7 Å². The molecule has 3 nitrogen and oxygen atoms in total. The summed E-state index contributed by atoms with van der Waals surface area (Å²) in [4.78, 5) is 5.37. The van der Waals surface area contributed by atoms with Crippen LogP contribution < -0.4 is 0 Å². The van der Waals surface area contributed by atoms with Crippen LogP contribution in [0.3, 0.4) is 0 Å². The number of thiophene rings is 1. The third-order valence-electron chi connectivity index (χ3n) is 3.52. The van der Waals surface area contributed by atoms with E-state index in [-0.39, 0.29) is 10.8 Å². The number of benzene rings is 1. The highest BCUT2D eigenvalue weighted by Gasteiger charge is 2.16. The summed E-state index contributed by atoms with van der Waals surface area (Å²) in [5.74, 6) is 0.108. The quantitative estimate of drug-likeness (QED) is 0.513. The van der Waals surface area contributed by atoms with E-state index in [4.69, 9.17) is 17.0 Å². The zero-order valence-corrected chi connectivity index (χ0v) is 14.4. The molecule has 0 aliphatic heterocycles. The Balaban J connectivity index is 1.94. The molecular weight excluding hydrogens is 326 g/mol. The normalized spacial score (nSPS) is 10.8. The van der Waals surface area contributed by atoms with E-state index in [1.165, 1.54) is 11.3 Å². The summed E-state index contributed by atoms with van der Waals surface area (Å²) in [6.45, 7) is 2.64. The van der Waals surface area contributed by atoms with Crippen LogP contribution in [-0.2, 0) is 4.74 Å². The summed E-state index contributed by atoms with van der Waals surface area (Å²) < 4.78 is 6.29. The number of unbranched alkanes of at least 4 members (excludes halogenated alkanes) is 1. The number of fused-ring (bicyclic) bond motifs is 1. The number of nitrogens with zero attached hydrogens (tertiary/aromatic N) is 1. The zero-order chi connectivity index (χ0) is 16.2. The number of hydrogen-bond donors (Lipinski definition) is 1. The molecule has 118 valence electrons. The first-order chi connectivity index (χ1) is 11.2. The van der Waals surface area contributed by atoms with E-state index in [2.05, 4.69) is 24.0 Å². The Morgan fingerprint density at radius 3 is 2.83 bits per heavy atom. The molecule has 0 bridgehead atoms. The Bertz CT molecular complexity index is 828. The molecule has 0 radical (unpaired) electrons. The van der Waals surface area contributed by atoms with Crippen LogP contribution >= 0.6 is 23.6 Å². The first-order valence-electron chi connectivity index (χ1n) is 7.54. The molecule has 3 rings (SSSR count). The van der Waals surface area contributed by atoms with Gasteiger partial charge >= 0.3 is 0 Å². The van der Waals surface area contributed by atoms with Gasteiger partial charge in [0.05, 0.1) is 11.3 Å². The summed E-state index contributed by atoms with van der Waals surface area (Å²) in [6, 6.07) is 12.1. The molecule has 0 aliphatic carbocycles. The van der Waals surface area contributed by atoms with Crippen LogP contribution in [0.4, 0.5) is 0 Å². The van der Waals surface area contributed by atoms with Crippen molar-refractivity contribution in [3.8, 4) is 16.2 Å². The van der Waals surface area contributed by atoms with Crippen LogP contribution in [0.15, 0.2) is 42.6 Å². The fourth-order valence-electron chi connectivity index (χ4n) is 2.26. The lowest BCUT2D eigenvalue weighted by Crippen LogP contribution is -2.07. The number of pyridine rings is 1. The first-order valence-corrected chi connectivity index (χ1v) is 8.77. The van der Waals surface area contributed by atoms with Crippen LogP contribution in [0.25, 0.3) is 20.5 Å². The lowest BCUT2D eigenvalue weighted by atomic mass is 10.2. The molecule has 0 spiro atoms. The van der Waals surface area contributed by atoms with Gasteiger partial charge in [-0.3, -0.25) is 0 Å². The lowest BCUT2D eigenvalue weighted by Gasteiger charge is -2.07. The lowest BCUT2D eigenvalue weighted by molar-refractivity contribution is 0.303. The predicted molar refractivity (Wildman–Crippen MR) is 99.3 cm³/mol. The fourth-order valence-corrected chi connectivity index (χ4v) is 3.58. The minimum atomic E-state index is 0.108. The van der Waals surface area contributed by atoms with E-state index in [0.29, 0.717) is 12.3 Å². The highest BCUT2D eigenvalue weighted by atomic mass is 32.1. The van der Waals surface area contributed by atoms with Crippen molar-refractivity contribution in [3.05, 3.63) is 48.3 Å². The van der Waals surface area contributed by atoms with E-state index in [9.17, 15) is 5.11 Å². The topological polar surface area (TPSA) is 42.4 Å². The Morgan fingerprint density at radius 1 is 1.30 bits per heavy atom. The molecule has 1 aromatic carbocycles. The molecule has 0 saturated heterocycles. The Kier molecular flexibility index (Phi) is 4.88. The van der Waals surface area contributed by atoms with Crippen molar-refractivity contribution in [3.63, 3.8) is 0 Å². The second-order valence-electron chi connectivity index (χ2n) is 5.21. The number of thiocarbonyl (C=S) groups is 1. The summed E-state index contributed by atoms with van der Waals surface area (Å²) in [6.07, 6.45) is 3.70. The van der Waals surface area contributed by atoms with Gasteiger partial charge in [-0.2, -0.15) is 0 Å². The Labute approximate surface area is 144 Å².